The average Bonchev–Trinajstić information content (AvgIpc) is 3.36. The van der Waals surface area contributed by atoms with Crippen molar-refractivity contribution in [3.63, 3.8) is 0 Å². The third kappa shape index (κ3) is 3.34. The summed E-state index contributed by atoms with van der Waals surface area (Å²) >= 11 is 0. The molecule has 0 aliphatic carbocycles. The van der Waals surface area contributed by atoms with Crippen molar-refractivity contribution in [1.82, 2.24) is 0 Å². The Morgan fingerprint density at radius 2 is 1.53 bits per heavy atom. The number of hydrazone groups is 1. The predicted octanol–water partition coefficient (Wildman–Crippen LogP) is 3.58. The molecule has 5 rings (SSSR count). The monoisotopic (exact) mass is 454 g/mol. The maximum Gasteiger partial charge on any atom is 0.269 e. The fourth-order valence-corrected chi connectivity index (χ4v) is 4.30. The number of amides is 2. The van der Waals surface area contributed by atoms with Crippen LogP contribution in [0.3, 0.4) is 0 Å². The molecule has 0 aromatic heterocycles. The molecule has 2 heterocycles. The van der Waals surface area contributed by atoms with Gasteiger partial charge in [0.05, 0.1) is 22.0 Å². The standard InChI is InChI=1S/C25H18N4O5/c1-15(30)16-7-11-18(12-8-16)27-24(31)21-22(17-9-13-20(14-10-17)29(33)34)26-28(23(21)25(27)32)19-5-3-2-4-6-19/h2-14,21,23H,1H3/t21-,23-/m1/s1. The fourth-order valence-electron chi connectivity index (χ4n) is 4.30. The van der Waals surface area contributed by atoms with E-state index in [1.165, 1.54) is 36.2 Å². The van der Waals surface area contributed by atoms with Crippen molar-refractivity contribution < 1.29 is 19.3 Å². The number of rotatable bonds is 5. The lowest BCUT2D eigenvalue weighted by Crippen LogP contribution is -2.39. The van der Waals surface area contributed by atoms with Crippen molar-refractivity contribution in [2.24, 2.45) is 11.0 Å². The highest BCUT2D eigenvalue weighted by molar-refractivity contribution is 6.34. The molecule has 0 saturated carbocycles. The molecule has 2 atom stereocenters. The number of nitro benzene ring substituents is 1. The lowest BCUT2D eigenvalue weighted by Gasteiger charge is -2.22. The van der Waals surface area contributed by atoms with Gasteiger partial charge in [0.25, 0.3) is 11.6 Å². The molecule has 1 saturated heterocycles. The maximum atomic E-state index is 13.6. The van der Waals surface area contributed by atoms with Gasteiger partial charge in [0.2, 0.25) is 5.91 Å². The summed E-state index contributed by atoms with van der Waals surface area (Å²) in [6.07, 6.45) is 0. The molecule has 9 nitrogen and oxygen atoms in total. The molecular weight excluding hydrogens is 436 g/mol. The van der Waals surface area contributed by atoms with Crippen LogP contribution >= 0.6 is 0 Å². The molecule has 2 aliphatic rings. The second-order valence-corrected chi connectivity index (χ2v) is 8.01. The topological polar surface area (TPSA) is 113 Å². The van der Waals surface area contributed by atoms with Crippen LogP contribution in [-0.4, -0.2) is 34.3 Å². The molecule has 1 fully saturated rings. The van der Waals surface area contributed by atoms with E-state index in [1.807, 2.05) is 18.2 Å². The Balaban J connectivity index is 1.58. The van der Waals surface area contributed by atoms with Crippen molar-refractivity contribution in [3.8, 4) is 0 Å². The van der Waals surface area contributed by atoms with E-state index in [2.05, 4.69) is 5.10 Å². The molecule has 9 heteroatoms. The molecule has 3 aromatic carbocycles. The summed E-state index contributed by atoms with van der Waals surface area (Å²) in [5.74, 6) is -1.89. The maximum absolute atomic E-state index is 13.6. The normalized spacial score (nSPS) is 19.3. The van der Waals surface area contributed by atoms with Crippen LogP contribution in [0.25, 0.3) is 0 Å². The molecule has 2 aliphatic heterocycles. The van der Waals surface area contributed by atoms with Crippen LogP contribution < -0.4 is 9.91 Å². The van der Waals surface area contributed by atoms with Crippen molar-refractivity contribution in [2.45, 2.75) is 13.0 Å². The summed E-state index contributed by atoms with van der Waals surface area (Å²) in [4.78, 5) is 50.4. The summed E-state index contributed by atoms with van der Waals surface area (Å²) in [5.41, 5.74) is 2.29. The van der Waals surface area contributed by atoms with Crippen LogP contribution in [0, 0.1) is 16.0 Å². The lowest BCUT2D eigenvalue weighted by molar-refractivity contribution is -0.384. The Hall–Kier alpha value is -4.66. The number of carbonyl (C=O) groups is 3. The van der Waals surface area contributed by atoms with Crippen LogP contribution in [0.2, 0.25) is 0 Å². The molecule has 3 aromatic rings. The number of ketones is 1. The number of carbonyl (C=O) groups excluding carboxylic acids is 3. The molecule has 0 radical (unpaired) electrons. The summed E-state index contributed by atoms with van der Waals surface area (Å²) in [6.45, 7) is 1.44. The first-order valence-electron chi connectivity index (χ1n) is 10.5. The number of nitro groups is 1. The lowest BCUT2D eigenvalue weighted by atomic mass is 9.92. The number of para-hydroxylation sites is 1. The second kappa shape index (κ2) is 8.04. The average molecular weight is 454 g/mol. The van der Waals surface area contributed by atoms with Gasteiger partial charge in [-0.15, -0.1) is 0 Å². The number of imide groups is 1. The van der Waals surface area contributed by atoms with Gasteiger partial charge in [-0.3, -0.25) is 29.5 Å². The van der Waals surface area contributed by atoms with Crippen molar-refractivity contribution in [1.29, 1.82) is 0 Å². The Bertz CT molecular complexity index is 1350. The molecule has 0 bridgehead atoms. The summed E-state index contributed by atoms with van der Waals surface area (Å²) < 4.78 is 0. The second-order valence-electron chi connectivity index (χ2n) is 8.01. The zero-order valence-corrected chi connectivity index (χ0v) is 18.0. The van der Waals surface area contributed by atoms with Crippen LogP contribution in [0.1, 0.15) is 22.8 Å². The third-order valence-electron chi connectivity index (χ3n) is 5.98. The number of hydrogen-bond acceptors (Lipinski definition) is 7. The predicted molar refractivity (Wildman–Crippen MR) is 125 cm³/mol. The fraction of sp³-hybridized carbons (Fsp3) is 0.120. The first kappa shape index (κ1) is 21.2. The van der Waals surface area contributed by atoms with Crippen molar-refractivity contribution >= 4 is 40.4 Å². The zero-order chi connectivity index (χ0) is 24.0. The number of benzene rings is 3. The Labute approximate surface area is 194 Å². The largest absolute Gasteiger partial charge is 0.295 e. The molecular formula is C25H18N4O5. The first-order chi connectivity index (χ1) is 16.4. The highest BCUT2D eigenvalue weighted by atomic mass is 16.6. The van der Waals surface area contributed by atoms with Gasteiger partial charge in [-0.2, -0.15) is 5.10 Å². The number of fused-ring (bicyclic) bond motifs is 1. The molecule has 0 spiro atoms. The van der Waals surface area contributed by atoms with Gasteiger partial charge in [-0.05, 0) is 61.0 Å². The van der Waals surface area contributed by atoms with Gasteiger partial charge in [0.1, 0.15) is 12.0 Å². The van der Waals surface area contributed by atoms with Crippen molar-refractivity contribution in [2.75, 3.05) is 9.91 Å². The van der Waals surface area contributed by atoms with Gasteiger partial charge in [0.15, 0.2) is 5.78 Å². The van der Waals surface area contributed by atoms with Crippen LogP contribution in [0.4, 0.5) is 17.1 Å². The number of hydrogen-bond donors (Lipinski definition) is 0. The van der Waals surface area contributed by atoms with Crippen LogP contribution in [0.5, 0.6) is 0 Å². The van der Waals surface area contributed by atoms with E-state index in [1.54, 1.807) is 36.4 Å². The van der Waals surface area contributed by atoms with Gasteiger partial charge >= 0.3 is 0 Å². The minimum atomic E-state index is -0.896. The summed E-state index contributed by atoms with van der Waals surface area (Å²) in [6, 6.07) is 20.2. The minimum Gasteiger partial charge on any atom is -0.295 e. The van der Waals surface area contributed by atoms with E-state index < -0.39 is 28.7 Å². The van der Waals surface area contributed by atoms with Gasteiger partial charge in [-0.25, -0.2) is 4.90 Å². The zero-order valence-electron chi connectivity index (χ0n) is 18.0. The molecule has 34 heavy (non-hydrogen) atoms. The van der Waals surface area contributed by atoms with Crippen LogP contribution in [-0.2, 0) is 9.59 Å². The van der Waals surface area contributed by atoms with Gasteiger partial charge in [-0.1, -0.05) is 18.2 Å². The van der Waals surface area contributed by atoms with Gasteiger partial charge < -0.3 is 0 Å². The number of anilines is 2. The highest BCUT2D eigenvalue weighted by Gasteiger charge is 2.57. The van der Waals surface area contributed by atoms with E-state index >= 15 is 0 Å². The van der Waals surface area contributed by atoms with E-state index in [0.29, 0.717) is 28.2 Å². The Kier molecular flexibility index (Phi) is 5.01. The quantitative estimate of drug-likeness (QED) is 0.252. The Morgan fingerprint density at radius 3 is 2.12 bits per heavy atom. The van der Waals surface area contributed by atoms with E-state index in [9.17, 15) is 24.5 Å². The number of non-ortho nitro benzene ring substituents is 1. The van der Waals surface area contributed by atoms with Crippen molar-refractivity contribution in [3.05, 3.63) is 100 Å². The van der Waals surface area contributed by atoms with E-state index in [-0.39, 0.29) is 11.5 Å². The van der Waals surface area contributed by atoms with Crippen LogP contribution in [0.15, 0.2) is 84.0 Å². The van der Waals surface area contributed by atoms with E-state index in [0.717, 1.165) is 4.90 Å². The Morgan fingerprint density at radius 1 is 0.882 bits per heavy atom. The van der Waals surface area contributed by atoms with Gasteiger partial charge in [0, 0.05) is 17.7 Å². The third-order valence-corrected chi connectivity index (χ3v) is 5.98. The SMILES string of the molecule is CC(=O)c1ccc(N2C(=O)[C@@H]3C(c4ccc([N+](=O)[O-])cc4)=NN(c4ccccc4)[C@H]3C2=O)cc1. The molecule has 0 N–H and O–H groups in total. The first-order valence-corrected chi connectivity index (χ1v) is 10.5. The smallest absolute Gasteiger partial charge is 0.269 e. The highest BCUT2D eigenvalue weighted by Crippen LogP contribution is 2.39. The molecule has 2 amide bonds. The van der Waals surface area contributed by atoms with E-state index in [4.69, 9.17) is 0 Å². The summed E-state index contributed by atoms with van der Waals surface area (Å²) in [5, 5.41) is 17.2. The minimum absolute atomic E-state index is 0.0835. The summed E-state index contributed by atoms with van der Waals surface area (Å²) in [7, 11) is 0. The molecule has 168 valence electrons. The molecule has 0 unspecified atom stereocenters. The number of Topliss-reactive ketones (excluding diaryl/α,β-unsaturated/α-hetero) is 1. The number of nitrogens with zero attached hydrogens (tertiary/aromatic N) is 4.